The molecular formula is C16H31F2NO. The molecule has 120 valence electrons. The first-order valence-corrected chi connectivity index (χ1v) is 7.91. The van der Waals surface area contributed by atoms with E-state index in [9.17, 15) is 8.78 Å². The number of hydrogen-bond acceptors (Lipinski definition) is 2. The molecule has 2 heterocycles. The number of halogens is 2. The largest absolute Gasteiger partial charge is 0.377 e. The molecule has 0 aliphatic carbocycles. The number of likely N-dealkylation sites (tertiary alicyclic amines) is 1. The van der Waals surface area contributed by atoms with Gasteiger partial charge in [0.05, 0.1) is 24.9 Å². The quantitative estimate of drug-likeness (QED) is 0.783. The van der Waals surface area contributed by atoms with E-state index in [1.807, 2.05) is 6.92 Å². The summed E-state index contributed by atoms with van der Waals surface area (Å²) >= 11 is 0. The summed E-state index contributed by atoms with van der Waals surface area (Å²) in [5, 5.41) is 0. The Hall–Kier alpha value is -0.220. The standard InChI is InChI=1S/C12H22FNO.C4H9F/c1-9(2)10-4-5-14(6-11(10)13)12(3)7-15-8-12;1-3-4(2)5/h9-11H,4-8H2,1-3H3;4H,3H2,1-2H3. The molecule has 2 fully saturated rings. The van der Waals surface area contributed by atoms with Gasteiger partial charge in [-0.05, 0) is 45.1 Å². The van der Waals surface area contributed by atoms with Crippen LogP contribution in [-0.2, 0) is 4.74 Å². The van der Waals surface area contributed by atoms with E-state index in [2.05, 4.69) is 25.7 Å². The van der Waals surface area contributed by atoms with Crippen LogP contribution in [0.5, 0.6) is 0 Å². The molecule has 4 heteroatoms. The first-order valence-electron chi connectivity index (χ1n) is 7.91. The molecule has 0 amide bonds. The lowest BCUT2D eigenvalue weighted by Crippen LogP contribution is -2.63. The first-order chi connectivity index (χ1) is 9.30. The molecule has 2 nitrogen and oxygen atoms in total. The van der Waals surface area contributed by atoms with Crippen LogP contribution in [0.25, 0.3) is 0 Å². The lowest BCUT2D eigenvalue weighted by molar-refractivity contribution is -0.148. The molecule has 0 aromatic carbocycles. The van der Waals surface area contributed by atoms with Gasteiger partial charge in [0.1, 0.15) is 6.17 Å². The molecule has 2 aliphatic heterocycles. The summed E-state index contributed by atoms with van der Waals surface area (Å²) in [5.74, 6) is 0.721. The van der Waals surface area contributed by atoms with Crippen molar-refractivity contribution in [2.75, 3.05) is 26.3 Å². The van der Waals surface area contributed by atoms with Crippen molar-refractivity contribution in [1.29, 1.82) is 0 Å². The van der Waals surface area contributed by atoms with Crippen LogP contribution in [0, 0.1) is 11.8 Å². The van der Waals surface area contributed by atoms with Crippen molar-refractivity contribution in [3.05, 3.63) is 0 Å². The lowest BCUT2D eigenvalue weighted by atomic mass is 9.83. The minimum atomic E-state index is -0.656. The van der Waals surface area contributed by atoms with E-state index >= 15 is 0 Å². The van der Waals surface area contributed by atoms with Crippen LogP contribution in [0.1, 0.15) is 47.5 Å². The van der Waals surface area contributed by atoms with Crippen molar-refractivity contribution in [3.63, 3.8) is 0 Å². The van der Waals surface area contributed by atoms with Gasteiger partial charge in [-0.2, -0.15) is 0 Å². The summed E-state index contributed by atoms with van der Waals surface area (Å²) in [7, 11) is 0. The third-order valence-electron chi connectivity index (χ3n) is 4.60. The predicted molar refractivity (Wildman–Crippen MR) is 79.5 cm³/mol. The van der Waals surface area contributed by atoms with Gasteiger partial charge < -0.3 is 4.74 Å². The van der Waals surface area contributed by atoms with Crippen molar-refractivity contribution < 1.29 is 13.5 Å². The molecule has 2 aliphatic rings. The van der Waals surface area contributed by atoms with Crippen LogP contribution >= 0.6 is 0 Å². The van der Waals surface area contributed by atoms with Crippen LogP contribution in [0.3, 0.4) is 0 Å². The van der Waals surface area contributed by atoms with Crippen LogP contribution < -0.4 is 0 Å². The normalized spacial score (nSPS) is 31.2. The maximum atomic E-state index is 14.0. The second kappa shape index (κ2) is 7.69. The molecule has 20 heavy (non-hydrogen) atoms. The van der Waals surface area contributed by atoms with Gasteiger partial charge in [-0.15, -0.1) is 0 Å². The zero-order valence-electron chi connectivity index (χ0n) is 13.7. The highest BCUT2D eigenvalue weighted by molar-refractivity contribution is 4.96. The summed E-state index contributed by atoms with van der Waals surface area (Å²) in [6.07, 6.45) is 0.361. The smallest absolute Gasteiger partial charge is 0.116 e. The Morgan fingerprint density at radius 3 is 2.15 bits per heavy atom. The van der Waals surface area contributed by atoms with Crippen LogP contribution in [0.15, 0.2) is 0 Å². The fraction of sp³-hybridized carbons (Fsp3) is 1.00. The third kappa shape index (κ3) is 4.66. The second-order valence-corrected chi connectivity index (χ2v) is 6.84. The summed E-state index contributed by atoms with van der Waals surface area (Å²) in [6.45, 7) is 13.0. The first kappa shape index (κ1) is 17.8. The van der Waals surface area contributed by atoms with E-state index in [1.165, 1.54) is 0 Å². The van der Waals surface area contributed by atoms with E-state index in [0.717, 1.165) is 26.2 Å². The Morgan fingerprint density at radius 2 is 1.85 bits per heavy atom. The average Bonchev–Trinajstić information content (AvgIpc) is 2.36. The summed E-state index contributed by atoms with van der Waals surface area (Å²) in [5.41, 5.74) is 0.117. The lowest BCUT2D eigenvalue weighted by Gasteiger charge is -2.51. The Morgan fingerprint density at radius 1 is 1.30 bits per heavy atom. The molecular weight excluding hydrogens is 260 g/mol. The number of alkyl halides is 2. The minimum absolute atomic E-state index is 0.117. The monoisotopic (exact) mass is 291 g/mol. The SMILES string of the molecule is CC(C)C1CCN(C2(C)COC2)CC1F.CCC(C)F. The Balaban J connectivity index is 0.000000347. The predicted octanol–water partition coefficient (Wildman–Crippen LogP) is 3.85. The maximum absolute atomic E-state index is 14.0. The van der Waals surface area contributed by atoms with Gasteiger partial charge in [0.25, 0.3) is 0 Å². The molecule has 3 unspecified atom stereocenters. The highest BCUT2D eigenvalue weighted by atomic mass is 19.1. The summed E-state index contributed by atoms with van der Waals surface area (Å²) in [4.78, 5) is 2.28. The molecule has 2 saturated heterocycles. The van der Waals surface area contributed by atoms with Crippen molar-refractivity contribution in [2.45, 2.75) is 65.3 Å². The van der Waals surface area contributed by atoms with Gasteiger partial charge in [0.15, 0.2) is 0 Å². The molecule has 0 bridgehead atoms. The van der Waals surface area contributed by atoms with Crippen LogP contribution in [0.4, 0.5) is 8.78 Å². The van der Waals surface area contributed by atoms with Gasteiger partial charge in [0.2, 0.25) is 0 Å². The highest BCUT2D eigenvalue weighted by Gasteiger charge is 2.43. The minimum Gasteiger partial charge on any atom is -0.377 e. The van der Waals surface area contributed by atoms with Crippen molar-refractivity contribution in [1.82, 2.24) is 4.90 Å². The zero-order chi connectivity index (χ0) is 15.3. The second-order valence-electron chi connectivity index (χ2n) is 6.84. The molecule has 0 aromatic heterocycles. The Kier molecular flexibility index (Phi) is 6.86. The molecule has 0 N–H and O–H groups in total. The van der Waals surface area contributed by atoms with Crippen molar-refractivity contribution >= 4 is 0 Å². The molecule has 2 rings (SSSR count). The topological polar surface area (TPSA) is 12.5 Å². The van der Waals surface area contributed by atoms with Crippen LogP contribution in [-0.4, -0.2) is 49.1 Å². The van der Waals surface area contributed by atoms with E-state index < -0.39 is 12.3 Å². The molecule has 0 saturated carbocycles. The average molecular weight is 291 g/mol. The number of piperidine rings is 1. The maximum Gasteiger partial charge on any atom is 0.116 e. The fourth-order valence-electron chi connectivity index (χ4n) is 2.74. The number of nitrogens with zero attached hydrogens (tertiary/aromatic N) is 1. The van der Waals surface area contributed by atoms with E-state index in [0.29, 0.717) is 18.9 Å². The Labute approximate surface area is 122 Å². The summed E-state index contributed by atoms with van der Waals surface area (Å²) in [6, 6.07) is 0. The molecule has 3 atom stereocenters. The van der Waals surface area contributed by atoms with Gasteiger partial charge in [-0.1, -0.05) is 20.8 Å². The molecule has 0 spiro atoms. The van der Waals surface area contributed by atoms with Crippen LogP contribution in [0.2, 0.25) is 0 Å². The fourth-order valence-corrected chi connectivity index (χ4v) is 2.74. The highest BCUT2D eigenvalue weighted by Crippen LogP contribution is 2.33. The molecule has 0 radical (unpaired) electrons. The van der Waals surface area contributed by atoms with Gasteiger partial charge >= 0.3 is 0 Å². The number of ether oxygens (including phenoxy) is 1. The zero-order valence-corrected chi connectivity index (χ0v) is 13.7. The van der Waals surface area contributed by atoms with Gasteiger partial charge in [-0.3, -0.25) is 4.90 Å². The van der Waals surface area contributed by atoms with E-state index in [-0.39, 0.29) is 11.5 Å². The van der Waals surface area contributed by atoms with E-state index in [4.69, 9.17) is 4.74 Å². The third-order valence-corrected chi connectivity index (χ3v) is 4.60. The van der Waals surface area contributed by atoms with Gasteiger partial charge in [0, 0.05) is 6.54 Å². The number of hydrogen-bond donors (Lipinski definition) is 0. The Bertz CT molecular complexity index is 280. The van der Waals surface area contributed by atoms with Crippen molar-refractivity contribution in [2.24, 2.45) is 11.8 Å². The number of rotatable bonds is 3. The van der Waals surface area contributed by atoms with Gasteiger partial charge in [-0.25, -0.2) is 8.78 Å². The van der Waals surface area contributed by atoms with Crippen molar-refractivity contribution in [3.8, 4) is 0 Å². The summed E-state index contributed by atoms with van der Waals surface area (Å²) < 4.78 is 30.6. The van der Waals surface area contributed by atoms with E-state index in [1.54, 1.807) is 6.92 Å². The molecule has 0 aromatic rings.